The van der Waals surface area contributed by atoms with E-state index in [-0.39, 0.29) is 16.1 Å². The number of nitro benzene ring substituents is 1. The molecule has 0 saturated heterocycles. The molecule has 1 amide bonds. The van der Waals surface area contributed by atoms with Crippen molar-refractivity contribution < 1.29 is 9.72 Å². The molecule has 3 aromatic rings. The Bertz CT molecular complexity index is 959. The van der Waals surface area contributed by atoms with Gasteiger partial charge in [0.2, 0.25) is 11.1 Å². The van der Waals surface area contributed by atoms with Gasteiger partial charge in [-0.1, -0.05) is 11.6 Å². The van der Waals surface area contributed by atoms with Gasteiger partial charge in [-0.3, -0.25) is 14.9 Å². The van der Waals surface area contributed by atoms with E-state index in [1.807, 2.05) is 0 Å². The SMILES string of the molecule is NC(=O)c1ccc(Sc2nnnn2-c2ccc(Cl)cc2)c([N+](=O)[O-])c1. The lowest BCUT2D eigenvalue weighted by atomic mass is 10.2. The minimum Gasteiger partial charge on any atom is -0.366 e. The molecule has 0 aliphatic rings. The Morgan fingerprint density at radius 1 is 1.24 bits per heavy atom. The highest BCUT2D eigenvalue weighted by Crippen LogP contribution is 2.34. The van der Waals surface area contributed by atoms with Crippen LogP contribution in [0.25, 0.3) is 5.69 Å². The normalized spacial score (nSPS) is 10.6. The summed E-state index contributed by atoms with van der Waals surface area (Å²) in [6.45, 7) is 0. The van der Waals surface area contributed by atoms with Crippen LogP contribution in [0.2, 0.25) is 5.02 Å². The molecule has 0 aliphatic carbocycles. The van der Waals surface area contributed by atoms with Gasteiger partial charge in [-0.15, -0.1) is 5.10 Å². The molecule has 0 fully saturated rings. The molecule has 0 spiro atoms. The number of carbonyl (C=O) groups excluding carboxylic acids is 1. The first-order valence-corrected chi connectivity index (χ1v) is 7.95. The fourth-order valence-corrected chi connectivity index (χ4v) is 2.99. The van der Waals surface area contributed by atoms with Crippen molar-refractivity contribution in [3.63, 3.8) is 0 Å². The van der Waals surface area contributed by atoms with E-state index in [1.54, 1.807) is 24.3 Å². The number of nitrogens with two attached hydrogens (primary N) is 1. The lowest BCUT2D eigenvalue weighted by molar-refractivity contribution is -0.387. The summed E-state index contributed by atoms with van der Waals surface area (Å²) in [5, 5.41) is 23.5. The second-order valence-corrected chi connectivity index (χ2v) is 6.20. The first kappa shape index (κ1) is 16.9. The minimum atomic E-state index is -0.745. The molecular formula is C14H9ClN6O3S. The van der Waals surface area contributed by atoms with Crippen LogP contribution in [0.15, 0.2) is 52.5 Å². The minimum absolute atomic E-state index is 0.0494. The Hall–Kier alpha value is -2.98. The molecule has 25 heavy (non-hydrogen) atoms. The molecule has 11 heteroatoms. The number of nitro groups is 1. The molecule has 0 unspecified atom stereocenters. The van der Waals surface area contributed by atoms with Crippen LogP contribution in [0.5, 0.6) is 0 Å². The summed E-state index contributed by atoms with van der Waals surface area (Å²) in [6.07, 6.45) is 0. The van der Waals surface area contributed by atoms with Gasteiger partial charge in [-0.2, -0.15) is 4.68 Å². The molecule has 0 saturated carbocycles. The Balaban J connectivity index is 1.99. The van der Waals surface area contributed by atoms with Crippen LogP contribution in [0.3, 0.4) is 0 Å². The quantitative estimate of drug-likeness (QED) is 0.534. The standard InChI is InChI=1S/C14H9ClN6O3S/c15-9-2-4-10(5-3-9)20-14(17-18-19-20)25-12-6-1-8(13(16)22)7-11(12)21(23)24/h1-7H,(H2,16,22). The van der Waals surface area contributed by atoms with Crippen molar-refractivity contribution in [3.05, 3.63) is 63.2 Å². The van der Waals surface area contributed by atoms with Crippen molar-refractivity contribution in [2.75, 3.05) is 0 Å². The van der Waals surface area contributed by atoms with Crippen molar-refractivity contribution in [2.45, 2.75) is 10.1 Å². The van der Waals surface area contributed by atoms with Crippen LogP contribution in [-0.2, 0) is 0 Å². The zero-order chi connectivity index (χ0) is 18.0. The Morgan fingerprint density at radius 2 is 1.96 bits per heavy atom. The maximum absolute atomic E-state index is 11.3. The van der Waals surface area contributed by atoms with E-state index in [9.17, 15) is 14.9 Å². The van der Waals surface area contributed by atoms with E-state index in [0.29, 0.717) is 15.9 Å². The van der Waals surface area contributed by atoms with Crippen molar-refractivity contribution in [1.82, 2.24) is 20.2 Å². The molecule has 0 bridgehead atoms. The summed E-state index contributed by atoms with van der Waals surface area (Å²) in [5.41, 5.74) is 5.60. The zero-order valence-corrected chi connectivity index (χ0v) is 13.9. The van der Waals surface area contributed by atoms with Crippen LogP contribution >= 0.6 is 23.4 Å². The number of benzene rings is 2. The van der Waals surface area contributed by atoms with Gasteiger partial charge < -0.3 is 5.73 Å². The molecular weight excluding hydrogens is 368 g/mol. The summed E-state index contributed by atoms with van der Waals surface area (Å²) in [4.78, 5) is 22.2. The van der Waals surface area contributed by atoms with Crippen LogP contribution in [0, 0.1) is 10.1 Å². The second kappa shape index (κ2) is 6.87. The van der Waals surface area contributed by atoms with Gasteiger partial charge in [0.1, 0.15) is 0 Å². The van der Waals surface area contributed by atoms with Gasteiger partial charge in [0, 0.05) is 16.7 Å². The molecule has 126 valence electrons. The number of rotatable bonds is 5. The van der Waals surface area contributed by atoms with Gasteiger partial charge in [0.15, 0.2) is 0 Å². The number of tetrazole rings is 1. The lowest BCUT2D eigenvalue weighted by Crippen LogP contribution is -2.11. The highest BCUT2D eigenvalue weighted by molar-refractivity contribution is 7.99. The molecule has 9 nitrogen and oxygen atoms in total. The Kier molecular flexibility index (Phi) is 4.63. The predicted octanol–water partition coefficient (Wildman–Crippen LogP) is 2.47. The van der Waals surface area contributed by atoms with E-state index in [1.165, 1.54) is 16.8 Å². The van der Waals surface area contributed by atoms with Gasteiger partial charge in [-0.05, 0) is 58.6 Å². The topological polar surface area (TPSA) is 130 Å². The van der Waals surface area contributed by atoms with Crippen molar-refractivity contribution in [2.24, 2.45) is 5.73 Å². The fourth-order valence-electron chi connectivity index (χ4n) is 1.98. The summed E-state index contributed by atoms with van der Waals surface area (Å²) in [5.74, 6) is -0.745. The summed E-state index contributed by atoms with van der Waals surface area (Å²) >= 11 is 6.86. The molecule has 0 aliphatic heterocycles. The monoisotopic (exact) mass is 376 g/mol. The van der Waals surface area contributed by atoms with Crippen LogP contribution in [0.1, 0.15) is 10.4 Å². The molecule has 3 rings (SSSR count). The second-order valence-electron chi connectivity index (χ2n) is 4.76. The zero-order valence-electron chi connectivity index (χ0n) is 12.4. The molecule has 1 heterocycles. The number of halogens is 1. The van der Waals surface area contributed by atoms with Gasteiger partial charge >= 0.3 is 0 Å². The number of amides is 1. The number of hydrogen-bond donors (Lipinski definition) is 1. The first-order chi connectivity index (χ1) is 12.0. The van der Waals surface area contributed by atoms with E-state index >= 15 is 0 Å². The average Bonchev–Trinajstić information content (AvgIpc) is 3.03. The lowest BCUT2D eigenvalue weighted by Gasteiger charge is -2.05. The highest BCUT2D eigenvalue weighted by Gasteiger charge is 2.20. The van der Waals surface area contributed by atoms with E-state index in [4.69, 9.17) is 17.3 Å². The van der Waals surface area contributed by atoms with Crippen LogP contribution in [-0.4, -0.2) is 31.0 Å². The van der Waals surface area contributed by atoms with Crippen molar-refractivity contribution >= 4 is 35.0 Å². The average molecular weight is 377 g/mol. The van der Waals surface area contributed by atoms with Crippen molar-refractivity contribution in [3.8, 4) is 5.69 Å². The Labute approximate surface area is 149 Å². The molecule has 2 N–H and O–H groups in total. The fraction of sp³-hybridized carbons (Fsp3) is 0. The number of nitrogens with zero attached hydrogens (tertiary/aromatic N) is 5. The maximum Gasteiger partial charge on any atom is 0.284 e. The van der Waals surface area contributed by atoms with Gasteiger partial charge in [-0.25, -0.2) is 0 Å². The number of carbonyl (C=O) groups is 1. The molecule has 0 atom stereocenters. The predicted molar refractivity (Wildman–Crippen MR) is 89.9 cm³/mol. The van der Waals surface area contributed by atoms with Crippen LogP contribution < -0.4 is 5.73 Å². The maximum atomic E-state index is 11.3. The van der Waals surface area contributed by atoms with Gasteiger partial charge in [0.25, 0.3) is 5.69 Å². The third-order valence-electron chi connectivity index (χ3n) is 3.15. The van der Waals surface area contributed by atoms with E-state index < -0.39 is 10.8 Å². The third-order valence-corrected chi connectivity index (χ3v) is 4.41. The highest BCUT2D eigenvalue weighted by atomic mass is 35.5. The molecule has 1 aromatic heterocycles. The molecule has 2 aromatic carbocycles. The van der Waals surface area contributed by atoms with Crippen LogP contribution in [0.4, 0.5) is 5.69 Å². The van der Waals surface area contributed by atoms with Crippen molar-refractivity contribution in [1.29, 1.82) is 0 Å². The smallest absolute Gasteiger partial charge is 0.284 e. The summed E-state index contributed by atoms with van der Waals surface area (Å²) < 4.78 is 1.42. The number of primary amides is 1. The third kappa shape index (κ3) is 3.59. The Morgan fingerprint density at radius 3 is 2.60 bits per heavy atom. The summed E-state index contributed by atoms with van der Waals surface area (Å²) in [7, 11) is 0. The molecule has 0 radical (unpaired) electrons. The number of aromatic nitrogens is 4. The number of hydrogen-bond acceptors (Lipinski definition) is 7. The first-order valence-electron chi connectivity index (χ1n) is 6.76. The largest absolute Gasteiger partial charge is 0.366 e. The van der Waals surface area contributed by atoms with Gasteiger partial charge in [0.05, 0.1) is 15.5 Å². The van der Waals surface area contributed by atoms with E-state index in [2.05, 4.69) is 15.5 Å². The van der Waals surface area contributed by atoms with E-state index in [0.717, 1.165) is 17.8 Å². The summed E-state index contributed by atoms with van der Waals surface area (Å²) in [6, 6.07) is 10.8.